The Morgan fingerprint density at radius 1 is 1.00 bits per heavy atom. The van der Waals surface area contributed by atoms with Crippen LogP contribution in [0, 0.1) is 0 Å². The van der Waals surface area contributed by atoms with Gasteiger partial charge in [0.25, 0.3) is 5.91 Å². The molecule has 4 aromatic rings. The fourth-order valence-corrected chi connectivity index (χ4v) is 6.02. The van der Waals surface area contributed by atoms with Crippen LogP contribution in [0.2, 0.25) is 0 Å². The van der Waals surface area contributed by atoms with Gasteiger partial charge in [-0.05, 0) is 48.6 Å². The Morgan fingerprint density at radius 3 is 2.56 bits per heavy atom. The molecule has 4 rings (SSSR count). The molecule has 11 nitrogen and oxygen atoms in total. The number of para-hydroxylation sites is 2. The number of anilines is 1. The third-order valence-corrected chi connectivity index (χ3v) is 8.35. The number of carbonyl (C=O) groups is 2. The van der Waals surface area contributed by atoms with Gasteiger partial charge in [0.1, 0.15) is 11.5 Å². The summed E-state index contributed by atoms with van der Waals surface area (Å²) in [7, 11) is 1.58. The SMILES string of the molecule is CCCCOc1ccc(C(=O)NCc2nnc(SCC(=O)Nc3nnc(SCC)s3)n2-c2ccccc2OC)cc1. The zero-order valence-corrected chi connectivity index (χ0v) is 25.4. The number of amides is 2. The van der Waals surface area contributed by atoms with Gasteiger partial charge in [0, 0.05) is 5.56 Å². The lowest BCUT2D eigenvalue weighted by atomic mass is 10.2. The van der Waals surface area contributed by atoms with Crippen LogP contribution < -0.4 is 20.1 Å². The van der Waals surface area contributed by atoms with Crippen molar-refractivity contribution in [1.29, 1.82) is 0 Å². The summed E-state index contributed by atoms with van der Waals surface area (Å²) in [5.74, 6) is 2.25. The Morgan fingerprint density at radius 2 is 1.80 bits per heavy atom. The first-order valence-electron chi connectivity index (χ1n) is 13.0. The molecule has 0 aliphatic rings. The molecule has 0 unspecified atom stereocenters. The summed E-state index contributed by atoms with van der Waals surface area (Å²) in [6.45, 7) is 4.88. The average Bonchev–Trinajstić information content (AvgIpc) is 3.61. The van der Waals surface area contributed by atoms with Gasteiger partial charge in [0.05, 0.1) is 31.7 Å². The van der Waals surface area contributed by atoms with Gasteiger partial charge in [-0.1, -0.05) is 67.3 Å². The largest absolute Gasteiger partial charge is 0.495 e. The Bertz CT molecular complexity index is 1440. The number of rotatable bonds is 15. The summed E-state index contributed by atoms with van der Waals surface area (Å²) in [6.07, 6.45) is 2.03. The number of aromatic nitrogens is 5. The van der Waals surface area contributed by atoms with E-state index in [1.165, 1.54) is 23.1 Å². The van der Waals surface area contributed by atoms with Crippen molar-refractivity contribution in [3.05, 3.63) is 59.9 Å². The molecule has 2 amide bonds. The molecule has 2 heterocycles. The molecule has 2 N–H and O–H groups in total. The van der Waals surface area contributed by atoms with Crippen molar-refractivity contribution in [2.45, 2.75) is 42.7 Å². The van der Waals surface area contributed by atoms with E-state index in [1.807, 2.05) is 31.2 Å². The van der Waals surface area contributed by atoms with Gasteiger partial charge >= 0.3 is 0 Å². The summed E-state index contributed by atoms with van der Waals surface area (Å²) >= 11 is 4.11. The molecule has 0 fully saturated rings. The smallest absolute Gasteiger partial charge is 0.251 e. The maximum absolute atomic E-state index is 12.9. The molecule has 0 aliphatic heterocycles. The highest BCUT2D eigenvalue weighted by atomic mass is 32.2. The molecule has 41 heavy (non-hydrogen) atoms. The summed E-state index contributed by atoms with van der Waals surface area (Å²) in [6, 6.07) is 14.4. The topological polar surface area (TPSA) is 133 Å². The standard InChI is InChI=1S/C27H31N7O4S3/c1-4-6-15-38-19-13-11-18(12-14-19)24(36)28-16-22-30-32-26(34(22)20-9-7-8-10-21(20)37-3)40-17-23(35)29-25-31-33-27(41-25)39-5-2/h7-14H,4-6,15-17H2,1-3H3,(H,28,36)(H,29,31,35). The predicted octanol–water partition coefficient (Wildman–Crippen LogP) is 5.08. The number of thioether (sulfide) groups is 2. The van der Waals surface area contributed by atoms with Crippen molar-refractivity contribution in [2.24, 2.45) is 0 Å². The van der Waals surface area contributed by atoms with E-state index in [2.05, 4.69) is 38.0 Å². The number of carbonyl (C=O) groups excluding carboxylic acids is 2. The molecular weight excluding hydrogens is 583 g/mol. The minimum Gasteiger partial charge on any atom is -0.495 e. The van der Waals surface area contributed by atoms with Crippen LogP contribution in [-0.2, 0) is 11.3 Å². The molecule has 2 aromatic carbocycles. The summed E-state index contributed by atoms with van der Waals surface area (Å²) in [5, 5.41) is 23.3. The molecule has 0 saturated heterocycles. The number of methoxy groups -OCH3 is 1. The molecule has 0 aliphatic carbocycles. The van der Waals surface area contributed by atoms with E-state index in [1.54, 1.807) is 47.7 Å². The van der Waals surface area contributed by atoms with Crippen LogP contribution in [0.4, 0.5) is 5.13 Å². The fraction of sp³-hybridized carbons (Fsp3) is 0.333. The van der Waals surface area contributed by atoms with E-state index < -0.39 is 0 Å². The van der Waals surface area contributed by atoms with E-state index in [9.17, 15) is 9.59 Å². The molecule has 14 heteroatoms. The fourth-order valence-electron chi connectivity index (χ4n) is 3.59. The van der Waals surface area contributed by atoms with Crippen molar-refractivity contribution >= 4 is 51.8 Å². The quantitative estimate of drug-likeness (QED) is 0.106. The number of benzene rings is 2. The molecule has 2 aromatic heterocycles. The van der Waals surface area contributed by atoms with Gasteiger partial charge in [-0.25, -0.2) is 0 Å². The minimum atomic E-state index is -0.258. The van der Waals surface area contributed by atoms with Crippen molar-refractivity contribution < 1.29 is 19.1 Å². The van der Waals surface area contributed by atoms with Crippen molar-refractivity contribution in [1.82, 2.24) is 30.3 Å². The van der Waals surface area contributed by atoms with Crippen LogP contribution in [0.1, 0.15) is 42.9 Å². The lowest BCUT2D eigenvalue weighted by Crippen LogP contribution is -2.24. The van der Waals surface area contributed by atoms with E-state index in [4.69, 9.17) is 9.47 Å². The van der Waals surface area contributed by atoms with E-state index in [0.29, 0.717) is 39.7 Å². The third kappa shape index (κ3) is 8.44. The lowest BCUT2D eigenvalue weighted by molar-refractivity contribution is -0.113. The molecule has 0 bridgehead atoms. The summed E-state index contributed by atoms with van der Waals surface area (Å²) in [5.41, 5.74) is 1.19. The van der Waals surface area contributed by atoms with Crippen LogP contribution in [-0.4, -0.2) is 62.0 Å². The Hall–Kier alpha value is -3.62. The molecule has 0 atom stereocenters. The van der Waals surface area contributed by atoms with E-state index in [-0.39, 0.29) is 24.1 Å². The van der Waals surface area contributed by atoms with Gasteiger partial charge in [-0.3, -0.25) is 19.5 Å². The zero-order chi connectivity index (χ0) is 29.0. The molecule has 0 spiro atoms. The van der Waals surface area contributed by atoms with Crippen LogP contribution >= 0.6 is 34.9 Å². The van der Waals surface area contributed by atoms with Crippen LogP contribution in [0.15, 0.2) is 58.0 Å². The maximum atomic E-state index is 12.9. The number of nitrogens with one attached hydrogen (secondary N) is 2. The third-order valence-electron chi connectivity index (χ3n) is 5.57. The Kier molecular flexibility index (Phi) is 11.4. The van der Waals surface area contributed by atoms with E-state index >= 15 is 0 Å². The Labute approximate surface area is 250 Å². The van der Waals surface area contributed by atoms with Crippen LogP contribution in [0.25, 0.3) is 5.69 Å². The monoisotopic (exact) mass is 613 g/mol. The van der Waals surface area contributed by atoms with Gasteiger partial charge in [-0.15, -0.1) is 20.4 Å². The highest BCUT2D eigenvalue weighted by Gasteiger charge is 2.20. The lowest BCUT2D eigenvalue weighted by Gasteiger charge is -2.14. The molecular formula is C27H31N7O4S3. The van der Waals surface area contributed by atoms with Gasteiger partial charge in [-0.2, -0.15) is 0 Å². The normalized spacial score (nSPS) is 10.8. The first-order chi connectivity index (χ1) is 20.0. The van der Waals surface area contributed by atoms with Crippen molar-refractivity contribution in [3.8, 4) is 17.2 Å². The second kappa shape index (κ2) is 15.4. The first kappa shape index (κ1) is 30.3. The number of unbranched alkanes of at least 4 members (excludes halogenated alkanes) is 1. The predicted molar refractivity (Wildman–Crippen MR) is 162 cm³/mol. The van der Waals surface area contributed by atoms with Crippen molar-refractivity contribution in [2.75, 3.05) is 30.5 Å². The van der Waals surface area contributed by atoms with Gasteiger partial charge in [0.2, 0.25) is 11.0 Å². The van der Waals surface area contributed by atoms with Crippen LogP contribution in [0.3, 0.4) is 0 Å². The maximum Gasteiger partial charge on any atom is 0.251 e. The average molecular weight is 614 g/mol. The number of hydrogen-bond acceptors (Lipinski definition) is 11. The first-order valence-corrected chi connectivity index (χ1v) is 15.8. The Balaban J connectivity index is 1.45. The number of ether oxygens (including phenoxy) is 2. The highest BCUT2D eigenvalue weighted by Crippen LogP contribution is 2.29. The van der Waals surface area contributed by atoms with E-state index in [0.717, 1.165) is 28.7 Å². The second-order valence-corrected chi connectivity index (χ2v) is 11.9. The molecule has 0 saturated carbocycles. The summed E-state index contributed by atoms with van der Waals surface area (Å²) in [4.78, 5) is 25.5. The number of hydrogen-bond donors (Lipinski definition) is 2. The highest BCUT2D eigenvalue weighted by molar-refractivity contribution is 8.01. The molecule has 0 radical (unpaired) electrons. The van der Waals surface area contributed by atoms with Gasteiger partial charge in [0.15, 0.2) is 15.3 Å². The number of nitrogens with zero attached hydrogens (tertiary/aromatic N) is 5. The molecule has 216 valence electrons. The van der Waals surface area contributed by atoms with Gasteiger partial charge < -0.3 is 14.8 Å². The zero-order valence-electron chi connectivity index (χ0n) is 23.0. The van der Waals surface area contributed by atoms with Crippen LogP contribution in [0.5, 0.6) is 11.5 Å². The minimum absolute atomic E-state index is 0.0716. The van der Waals surface area contributed by atoms with Crippen molar-refractivity contribution in [3.63, 3.8) is 0 Å². The summed E-state index contributed by atoms with van der Waals surface area (Å²) < 4.78 is 13.8. The second-order valence-electron chi connectivity index (χ2n) is 8.46.